The van der Waals surface area contributed by atoms with Crippen molar-refractivity contribution >= 4 is 5.91 Å². The summed E-state index contributed by atoms with van der Waals surface area (Å²) in [7, 11) is 1.76. The van der Waals surface area contributed by atoms with Crippen LogP contribution in [0.1, 0.15) is 5.56 Å². The van der Waals surface area contributed by atoms with E-state index in [2.05, 4.69) is 4.98 Å². The number of amides is 1. The van der Waals surface area contributed by atoms with E-state index in [9.17, 15) is 4.79 Å². The van der Waals surface area contributed by atoms with E-state index in [0.29, 0.717) is 6.54 Å². The van der Waals surface area contributed by atoms with Crippen LogP contribution in [0.15, 0.2) is 24.5 Å². The van der Waals surface area contributed by atoms with Gasteiger partial charge in [0.05, 0.1) is 6.54 Å². The molecule has 0 aliphatic heterocycles. The number of aromatic nitrogens is 1. The van der Waals surface area contributed by atoms with Crippen LogP contribution in [0.2, 0.25) is 0 Å². The van der Waals surface area contributed by atoms with Gasteiger partial charge in [-0.15, -0.1) is 0 Å². The molecule has 1 aromatic heterocycles. The summed E-state index contributed by atoms with van der Waals surface area (Å²) >= 11 is 0. The first-order valence-corrected chi connectivity index (χ1v) is 4.57. The monoisotopic (exact) mass is 193 g/mol. The van der Waals surface area contributed by atoms with Crippen LogP contribution in [0.25, 0.3) is 0 Å². The molecule has 14 heavy (non-hydrogen) atoms. The van der Waals surface area contributed by atoms with Gasteiger partial charge in [-0.3, -0.25) is 9.78 Å². The summed E-state index contributed by atoms with van der Waals surface area (Å²) in [5, 5.41) is 0. The molecule has 1 rings (SSSR count). The number of likely N-dealkylation sites (N-methyl/N-ethyl adjacent to an activating group) is 1. The van der Waals surface area contributed by atoms with Gasteiger partial charge >= 0.3 is 0 Å². The molecule has 0 bridgehead atoms. The molecule has 0 fully saturated rings. The average molecular weight is 193 g/mol. The Balaban J connectivity index is 2.38. The fourth-order valence-corrected chi connectivity index (χ4v) is 1.13. The van der Waals surface area contributed by atoms with E-state index >= 15 is 0 Å². The number of hydrogen-bond donors (Lipinski definition) is 1. The predicted octanol–water partition coefficient (Wildman–Crippen LogP) is 0.0412. The van der Waals surface area contributed by atoms with Crippen molar-refractivity contribution in [1.29, 1.82) is 0 Å². The number of rotatable bonds is 4. The zero-order valence-electron chi connectivity index (χ0n) is 8.31. The Labute approximate surface area is 83.7 Å². The summed E-state index contributed by atoms with van der Waals surface area (Å²) in [5.74, 6) is -0.0287. The highest BCUT2D eigenvalue weighted by Gasteiger charge is 2.05. The lowest BCUT2D eigenvalue weighted by atomic mass is 10.2. The molecule has 0 radical (unpaired) electrons. The standard InChI is InChI=1S/C10H15N3O/c1-13(10(14)8-11)7-4-9-2-5-12-6-3-9/h2-3,5-6H,4,7-8,11H2,1H3. The number of pyridine rings is 1. The average Bonchev–Trinajstić information content (AvgIpc) is 2.26. The highest BCUT2D eigenvalue weighted by molar-refractivity contribution is 5.77. The number of hydrogen-bond acceptors (Lipinski definition) is 3. The van der Waals surface area contributed by atoms with Crippen molar-refractivity contribution < 1.29 is 4.79 Å². The van der Waals surface area contributed by atoms with Crippen molar-refractivity contribution in [3.05, 3.63) is 30.1 Å². The third-order valence-corrected chi connectivity index (χ3v) is 2.09. The molecule has 0 aliphatic carbocycles. The maximum atomic E-state index is 11.1. The van der Waals surface area contributed by atoms with Crippen LogP contribution in [0.4, 0.5) is 0 Å². The van der Waals surface area contributed by atoms with E-state index in [-0.39, 0.29) is 12.5 Å². The molecule has 0 unspecified atom stereocenters. The summed E-state index contributed by atoms with van der Waals surface area (Å²) in [6.07, 6.45) is 4.34. The van der Waals surface area contributed by atoms with Crippen molar-refractivity contribution in [2.45, 2.75) is 6.42 Å². The normalized spacial score (nSPS) is 9.86. The molecule has 4 nitrogen and oxygen atoms in total. The Kier molecular flexibility index (Phi) is 4.07. The topological polar surface area (TPSA) is 59.2 Å². The molecule has 0 atom stereocenters. The molecule has 76 valence electrons. The highest BCUT2D eigenvalue weighted by atomic mass is 16.2. The zero-order chi connectivity index (χ0) is 10.4. The summed E-state index contributed by atoms with van der Waals surface area (Å²) in [6.45, 7) is 0.771. The molecule has 1 aromatic rings. The second kappa shape index (κ2) is 5.34. The minimum absolute atomic E-state index is 0.0287. The zero-order valence-corrected chi connectivity index (χ0v) is 8.31. The van der Waals surface area contributed by atoms with Crippen molar-refractivity contribution in [2.75, 3.05) is 20.1 Å². The SMILES string of the molecule is CN(CCc1ccncc1)C(=O)CN. The molecule has 2 N–H and O–H groups in total. The summed E-state index contributed by atoms with van der Waals surface area (Å²) < 4.78 is 0. The van der Waals surface area contributed by atoms with Crippen molar-refractivity contribution in [1.82, 2.24) is 9.88 Å². The first-order valence-electron chi connectivity index (χ1n) is 4.57. The third-order valence-electron chi connectivity index (χ3n) is 2.09. The van der Waals surface area contributed by atoms with Crippen molar-refractivity contribution in [3.63, 3.8) is 0 Å². The minimum Gasteiger partial charge on any atom is -0.344 e. The van der Waals surface area contributed by atoms with E-state index in [4.69, 9.17) is 5.73 Å². The first kappa shape index (κ1) is 10.7. The number of carbonyl (C=O) groups excluding carboxylic acids is 1. The van der Waals surface area contributed by atoms with Crippen LogP contribution >= 0.6 is 0 Å². The van der Waals surface area contributed by atoms with E-state index in [1.807, 2.05) is 12.1 Å². The van der Waals surface area contributed by atoms with Gasteiger partial charge in [-0.2, -0.15) is 0 Å². The second-order valence-corrected chi connectivity index (χ2v) is 3.12. The second-order valence-electron chi connectivity index (χ2n) is 3.12. The molecule has 1 amide bonds. The lowest BCUT2D eigenvalue weighted by Gasteiger charge is -2.15. The molecule has 1 heterocycles. The number of carbonyl (C=O) groups is 1. The van der Waals surface area contributed by atoms with Gasteiger partial charge < -0.3 is 10.6 Å². The van der Waals surface area contributed by atoms with Crippen molar-refractivity contribution in [2.24, 2.45) is 5.73 Å². The van der Waals surface area contributed by atoms with Gasteiger partial charge in [0, 0.05) is 26.0 Å². The van der Waals surface area contributed by atoms with Crippen molar-refractivity contribution in [3.8, 4) is 0 Å². The summed E-state index contributed by atoms with van der Waals surface area (Å²) in [4.78, 5) is 16.7. The van der Waals surface area contributed by atoms with E-state index in [1.165, 1.54) is 5.56 Å². The molecular weight excluding hydrogens is 178 g/mol. The Morgan fingerprint density at radius 3 is 2.71 bits per heavy atom. The predicted molar refractivity (Wildman–Crippen MR) is 54.6 cm³/mol. The van der Waals surface area contributed by atoms with Gasteiger partial charge in [0.2, 0.25) is 5.91 Å². The Morgan fingerprint density at radius 1 is 1.50 bits per heavy atom. The van der Waals surface area contributed by atoms with Gasteiger partial charge in [-0.1, -0.05) is 0 Å². The van der Waals surface area contributed by atoms with E-state index in [1.54, 1.807) is 24.3 Å². The smallest absolute Gasteiger partial charge is 0.236 e. The maximum absolute atomic E-state index is 11.1. The van der Waals surface area contributed by atoms with Gasteiger partial charge in [0.15, 0.2) is 0 Å². The largest absolute Gasteiger partial charge is 0.344 e. The van der Waals surface area contributed by atoms with Crippen LogP contribution in [-0.4, -0.2) is 35.9 Å². The number of nitrogens with zero attached hydrogens (tertiary/aromatic N) is 2. The quantitative estimate of drug-likeness (QED) is 0.734. The molecule has 4 heteroatoms. The Hall–Kier alpha value is -1.42. The number of nitrogens with two attached hydrogens (primary N) is 1. The summed E-state index contributed by atoms with van der Waals surface area (Å²) in [5.41, 5.74) is 6.42. The fourth-order valence-electron chi connectivity index (χ4n) is 1.13. The van der Waals surface area contributed by atoms with Crippen LogP contribution in [0.5, 0.6) is 0 Å². The molecule has 0 saturated heterocycles. The lowest BCUT2D eigenvalue weighted by Crippen LogP contribution is -2.34. The van der Waals surface area contributed by atoms with Gasteiger partial charge in [0.25, 0.3) is 0 Å². The molecule has 0 aromatic carbocycles. The first-order chi connectivity index (χ1) is 6.74. The molecule has 0 saturated carbocycles. The van der Waals surface area contributed by atoms with Crippen LogP contribution in [0, 0.1) is 0 Å². The van der Waals surface area contributed by atoms with Crippen LogP contribution in [0.3, 0.4) is 0 Å². The van der Waals surface area contributed by atoms with Crippen LogP contribution < -0.4 is 5.73 Å². The third kappa shape index (κ3) is 3.14. The highest BCUT2D eigenvalue weighted by Crippen LogP contribution is 1.98. The summed E-state index contributed by atoms with van der Waals surface area (Å²) in [6, 6.07) is 3.89. The molecule has 0 spiro atoms. The van der Waals surface area contributed by atoms with E-state index < -0.39 is 0 Å². The maximum Gasteiger partial charge on any atom is 0.236 e. The van der Waals surface area contributed by atoms with Gasteiger partial charge in [0.1, 0.15) is 0 Å². The lowest BCUT2D eigenvalue weighted by molar-refractivity contribution is -0.128. The fraction of sp³-hybridized carbons (Fsp3) is 0.400. The van der Waals surface area contributed by atoms with Crippen LogP contribution in [-0.2, 0) is 11.2 Å². The van der Waals surface area contributed by atoms with Gasteiger partial charge in [-0.25, -0.2) is 0 Å². The molecular formula is C10H15N3O. The Morgan fingerprint density at radius 2 is 2.14 bits per heavy atom. The van der Waals surface area contributed by atoms with Gasteiger partial charge in [-0.05, 0) is 24.1 Å². The van der Waals surface area contributed by atoms with E-state index in [0.717, 1.165) is 6.42 Å². The minimum atomic E-state index is -0.0287. The Bertz CT molecular complexity index is 287. The molecule has 0 aliphatic rings.